The second kappa shape index (κ2) is 8.55. The van der Waals surface area contributed by atoms with Gasteiger partial charge < -0.3 is 14.8 Å². The van der Waals surface area contributed by atoms with Gasteiger partial charge in [0.15, 0.2) is 17.3 Å². The number of carbonyl (C=O) groups excluding carboxylic acids is 1. The highest BCUT2D eigenvalue weighted by Gasteiger charge is 2.42. The van der Waals surface area contributed by atoms with Gasteiger partial charge in [-0.2, -0.15) is 4.68 Å². The second-order valence-corrected chi connectivity index (χ2v) is 9.33. The lowest BCUT2D eigenvalue weighted by Gasteiger charge is -2.37. The van der Waals surface area contributed by atoms with Gasteiger partial charge in [-0.15, -0.1) is 0 Å². The number of carbonyl (C=O) groups is 1. The standard InChI is InChI=1S/C25H26FN5O3/c1-4-33-21-11-15(9-10-20(21)34-14-16-7-5-6-8-17(16)26)23-22-18(12-25(2,3)13-19(22)32)27-24-28-29-30-31(23)24/h5-11,23H,4,12-14H2,1-3H3,(H,27,28,30). The molecule has 5 rings (SSSR count). The van der Waals surface area contributed by atoms with E-state index in [1.165, 1.54) is 6.07 Å². The number of Topliss-reactive ketones (excluding diaryl/α,β-unsaturated/α-hetero) is 1. The zero-order chi connectivity index (χ0) is 23.9. The molecule has 0 radical (unpaired) electrons. The number of ether oxygens (including phenoxy) is 2. The molecule has 1 N–H and O–H groups in total. The smallest absolute Gasteiger partial charge is 0.248 e. The van der Waals surface area contributed by atoms with Crippen molar-refractivity contribution in [2.45, 2.75) is 46.3 Å². The van der Waals surface area contributed by atoms with Crippen LogP contribution in [0.2, 0.25) is 0 Å². The number of hydrogen-bond acceptors (Lipinski definition) is 7. The van der Waals surface area contributed by atoms with Gasteiger partial charge >= 0.3 is 0 Å². The number of aromatic nitrogens is 4. The van der Waals surface area contributed by atoms with Gasteiger partial charge in [-0.1, -0.05) is 43.2 Å². The van der Waals surface area contributed by atoms with Crippen LogP contribution in [0.15, 0.2) is 53.7 Å². The summed E-state index contributed by atoms with van der Waals surface area (Å²) in [6.45, 7) is 6.53. The van der Waals surface area contributed by atoms with Crippen molar-refractivity contribution >= 4 is 11.7 Å². The van der Waals surface area contributed by atoms with Gasteiger partial charge in [0.1, 0.15) is 18.5 Å². The summed E-state index contributed by atoms with van der Waals surface area (Å²) in [7, 11) is 0. The number of fused-ring (bicyclic) bond motifs is 1. The molecule has 2 aromatic carbocycles. The van der Waals surface area contributed by atoms with Crippen molar-refractivity contribution in [3.05, 3.63) is 70.7 Å². The SMILES string of the molecule is CCOc1cc(C2C3=C(CC(C)(C)CC3=O)Nc3nnnn32)ccc1OCc1ccccc1F. The third-order valence-electron chi connectivity index (χ3n) is 6.12. The predicted octanol–water partition coefficient (Wildman–Crippen LogP) is 4.45. The summed E-state index contributed by atoms with van der Waals surface area (Å²) in [4.78, 5) is 13.3. The first-order chi connectivity index (χ1) is 16.4. The van der Waals surface area contributed by atoms with Crippen LogP contribution in [0.3, 0.4) is 0 Å². The van der Waals surface area contributed by atoms with Crippen molar-refractivity contribution in [1.29, 1.82) is 0 Å². The van der Waals surface area contributed by atoms with E-state index in [0.717, 1.165) is 17.7 Å². The van der Waals surface area contributed by atoms with E-state index in [0.29, 0.717) is 41.6 Å². The Morgan fingerprint density at radius 2 is 1.97 bits per heavy atom. The summed E-state index contributed by atoms with van der Waals surface area (Å²) in [6.07, 6.45) is 1.17. The summed E-state index contributed by atoms with van der Waals surface area (Å²) < 4.78 is 27.4. The quantitative estimate of drug-likeness (QED) is 0.578. The van der Waals surface area contributed by atoms with Crippen LogP contribution in [-0.2, 0) is 11.4 Å². The van der Waals surface area contributed by atoms with E-state index in [2.05, 4.69) is 34.7 Å². The lowest BCUT2D eigenvalue weighted by molar-refractivity contribution is -0.118. The molecule has 1 aliphatic heterocycles. The molecule has 8 nitrogen and oxygen atoms in total. The Labute approximate surface area is 196 Å². The number of hydrogen-bond donors (Lipinski definition) is 1. The van der Waals surface area contributed by atoms with Crippen LogP contribution in [0.1, 0.15) is 50.8 Å². The molecule has 1 aromatic heterocycles. The van der Waals surface area contributed by atoms with E-state index >= 15 is 0 Å². The zero-order valence-electron chi connectivity index (χ0n) is 19.3. The number of ketones is 1. The van der Waals surface area contributed by atoms with Crippen molar-refractivity contribution in [1.82, 2.24) is 20.2 Å². The lowest BCUT2D eigenvalue weighted by atomic mass is 9.73. The largest absolute Gasteiger partial charge is 0.490 e. The van der Waals surface area contributed by atoms with Crippen LogP contribution in [-0.4, -0.2) is 32.6 Å². The first-order valence-corrected chi connectivity index (χ1v) is 11.3. The molecule has 2 aliphatic rings. The third-order valence-corrected chi connectivity index (χ3v) is 6.12. The molecule has 34 heavy (non-hydrogen) atoms. The van der Waals surface area contributed by atoms with Crippen LogP contribution in [0.4, 0.5) is 10.3 Å². The van der Waals surface area contributed by atoms with E-state index < -0.39 is 6.04 Å². The average Bonchev–Trinajstić information content (AvgIpc) is 3.25. The number of nitrogens with zero attached hydrogens (tertiary/aromatic N) is 4. The topological polar surface area (TPSA) is 91.2 Å². The molecule has 1 atom stereocenters. The summed E-state index contributed by atoms with van der Waals surface area (Å²) in [5.41, 5.74) is 2.63. The highest BCUT2D eigenvalue weighted by atomic mass is 19.1. The first kappa shape index (κ1) is 22.1. The Balaban J connectivity index is 1.52. The number of anilines is 1. The normalized spacial score (nSPS) is 18.7. The highest BCUT2D eigenvalue weighted by Crippen LogP contribution is 2.46. The second-order valence-electron chi connectivity index (χ2n) is 9.33. The van der Waals surface area contributed by atoms with E-state index in [1.54, 1.807) is 28.9 Å². The van der Waals surface area contributed by atoms with Gasteiger partial charge in [0.05, 0.1) is 6.61 Å². The third kappa shape index (κ3) is 4.02. The molecular weight excluding hydrogens is 437 g/mol. The summed E-state index contributed by atoms with van der Waals surface area (Å²) >= 11 is 0. The fourth-order valence-corrected chi connectivity index (χ4v) is 4.63. The van der Waals surface area contributed by atoms with E-state index in [-0.39, 0.29) is 23.6 Å². The minimum Gasteiger partial charge on any atom is -0.490 e. The van der Waals surface area contributed by atoms with E-state index in [1.807, 2.05) is 19.1 Å². The Morgan fingerprint density at radius 3 is 2.76 bits per heavy atom. The van der Waals surface area contributed by atoms with Gasteiger partial charge in [0.2, 0.25) is 5.95 Å². The summed E-state index contributed by atoms with van der Waals surface area (Å²) in [6, 6.07) is 11.5. The molecule has 1 aliphatic carbocycles. The van der Waals surface area contributed by atoms with Crippen molar-refractivity contribution < 1.29 is 18.7 Å². The van der Waals surface area contributed by atoms with Gasteiger partial charge in [-0.25, -0.2) is 4.39 Å². The molecular formula is C25H26FN5O3. The van der Waals surface area contributed by atoms with Crippen LogP contribution in [0.5, 0.6) is 11.5 Å². The molecule has 0 saturated heterocycles. The van der Waals surface area contributed by atoms with Crippen LogP contribution in [0.25, 0.3) is 0 Å². The number of nitrogens with one attached hydrogen (secondary N) is 1. The molecule has 0 spiro atoms. The number of allylic oxidation sites excluding steroid dienone is 2. The molecule has 9 heteroatoms. The molecule has 2 heterocycles. The average molecular weight is 464 g/mol. The maximum absolute atomic E-state index is 14.0. The molecule has 0 bridgehead atoms. The summed E-state index contributed by atoms with van der Waals surface area (Å²) in [5.74, 6) is 1.24. The maximum Gasteiger partial charge on any atom is 0.248 e. The van der Waals surface area contributed by atoms with E-state index in [4.69, 9.17) is 9.47 Å². The van der Waals surface area contributed by atoms with Crippen molar-refractivity contribution in [2.24, 2.45) is 5.41 Å². The molecule has 0 fully saturated rings. The van der Waals surface area contributed by atoms with Gasteiger partial charge in [0.25, 0.3) is 0 Å². The number of rotatable bonds is 6. The monoisotopic (exact) mass is 463 g/mol. The number of benzene rings is 2. The van der Waals surface area contributed by atoms with Gasteiger partial charge in [-0.3, -0.25) is 4.79 Å². The zero-order valence-corrected chi connectivity index (χ0v) is 19.3. The maximum atomic E-state index is 14.0. The predicted molar refractivity (Wildman–Crippen MR) is 123 cm³/mol. The fraction of sp³-hybridized carbons (Fsp3) is 0.360. The van der Waals surface area contributed by atoms with Crippen LogP contribution >= 0.6 is 0 Å². The Kier molecular flexibility index (Phi) is 5.55. The fourth-order valence-electron chi connectivity index (χ4n) is 4.63. The minimum absolute atomic E-state index is 0.0689. The van der Waals surface area contributed by atoms with E-state index in [9.17, 15) is 9.18 Å². The Bertz CT molecular complexity index is 1280. The minimum atomic E-state index is -0.482. The highest BCUT2D eigenvalue weighted by molar-refractivity contribution is 6.00. The molecule has 3 aromatic rings. The van der Waals surface area contributed by atoms with Gasteiger partial charge in [0, 0.05) is 23.3 Å². The Hall–Kier alpha value is -3.75. The van der Waals surface area contributed by atoms with Crippen molar-refractivity contribution in [2.75, 3.05) is 11.9 Å². The van der Waals surface area contributed by atoms with Crippen molar-refractivity contribution in [3.8, 4) is 11.5 Å². The molecule has 0 amide bonds. The van der Waals surface area contributed by atoms with Crippen molar-refractivity contribution in [3.63, 3.8) is 0 Å². The summed E-state index contributed by atoms with van der Waals surface area (Å²) in [5, 5.41) is 15.3. The molecule has 176 valence electrons. The number of tetrazole rings is 1. The Morgan fingerprint density at radius 1 is 1.15 bits per heavy atom. The number of halogens is 1. The van der Waals surface area contributed by atoms with Crippen LogP contribution < -0.4 is 14.8 Å². The van der Waals surface area contributed by atoms with Gasteiger partial charge in [-0.05, 0) is 52.9 Å². The van der Waals surface area contributed by atoms with Crippen LogP contribution in [0, 0.1) is 11.2 Å². The first-order valence-electron chi connectivity index (χ1n) is 11.3. The molecule has 0 saturated carbocycles. The molecule has 1 unspecified atom stereocenters. The lowest BCUT2D eigenvalue weighted by Crippen LogP contribution is -2.36.